The van der Waals surface area contributed by atoms with Crippen molar-refractivity contribution in [3.05, 3.63) is 46.8 Å². The van der Waals surface area contributed by atoms with Gasteiger partial charge in [-0.15, -0.1) is 0 Å². The van der Waals surface area contributed by atoms with Gasteiger partial charge in [0.15, 0.2) is 0 Å². The fraction of sp³-hybridized carbons (Fsp3) is 0.455. The molecule has 29 heavy (non-hydrogen) atoms. The van der Waals surface area contributed by atoms with Crippen LogP contribution in [0.1, 0.15) is 25.1 Å². The van der Waals surface area contributed by atoms with Crippen LogP contribution >= 0.6 is 11.6 Å². The van der Waals surface area contributed by atoms with Crippen molar-refractivity contribution in [3.63, 3.8) is 0 Å². The Hall–Kier alpha value is -2.31. The number of nitrogens with one attached hydrogen (secondary N) is 1. The first-order chi connectivity index (χ1) is 13.8. The summed E-state index contributed by atoms with van der Waals surface area (Å²) < 4.78 is 1.79. The van der Waals surface area contributed by atoms with Gasteiger partial charge in [-0.3, -0.25) is 9.48 Å². The summed E-state index contributed by atoms with van der Waals surface area (Å²) in [5.41, 5.74) is 3.56. The molecule has 3 rings (SSSR count). The first kappa shape index (κ1) is 21.4. The van der Waals surface area contributed by atoms with Crippen molar-refractivity contribution in [3.8, 4) is 0 Å². The Balaban J connectivity index is 1.60. The van der Waals surface area contributed by atoms with Crippen molar-refractivity contribution in [1.82, 2.24) is 14.7 Å². The van der Waals surface area contributed by atoms with Crippen LogP contribution in [0.2, 0.25) is 5.15 Å². The van der Waals surface area contributed by atoms with E-state index in [0.29, 0.717) is 11.1 Å². The number of benzene rings is 1. The summed E-state index contributed by atoms with van der Waals surface area (Å²) in [6, 6.07) is 8.00. The molecule has 1 N–H and O–H groups in total. The van der Waals surface area contributed by atoms with Gasteiger partial charge in [-0.05, 0) is 50.2 Å². The summed E-state index contributed by atoms with van der Waals surface area (Å²) in [6.07, 6.45) is 3.24. The molecule has 1 aliphatic heterocycles. The molecule has 0 radical (unpaired) electrons. The van der Waals surface area contributed by atoms with Crippen LogP contribution < -0.4 is 10.2 Å². The molecule has 1 fully saturated rings. The molecule has 6 nitrogen and oxygen atoms in total. The number of hydrogen-bond donors (Lipinski definition) is 1. The average Bonchev–Trinajstić information content (AvgIpc) is 2.94. The second-order valence-electron chi connectivity index (χ2n) is 8.03. The number of piperazine rings is 1. The molecule has 0 saturated carbocycles. The number of halogens is 1. The van der Waals surface area contributed by atoms with E-state index in [4.69, 9.17) is 11.6 Å². The molecule has 2 aromatic rings. The van der Waals surface area contributed by atoms with E-state index >= 15 is 0 Å². The van der Waals surface area contributed by atoms with E-state index in [1.807, 2.05) is 19.1 Å². The third kappa shape index (κ3) is 5.61. The number of carbonyl (C=O) groups excluding carboxylic acids is 1. The van der Waals surface area contributed by atoms with Crippen LogP contribution in [-0.2, 0) is 11.3 Å². The fourth-order valence-electron chi connectivity index (χ4n) is 3.39. The molecular weight excluding hydrogens is 386 g/mol. The van der Waals surface area contributed by atoms with Crippen molar-refractivity contribution in [1.29, 1.82) is 0 Å². The molecule has 7 heteroatoms. The SMILES string of the molecule is Cc1nn(CC(C)C)c(Cl)c1/C=C/C(=O)Nc1ccc(N2CCN(C)CC2)cc1. The van der Waals surface area contributed by atoms with Crippen molar-refractivity contribution in [2.45, 2.75) is 27.3 Å². The van der Waals surface area contributed by atoms with Crippen LogP contribution in [0.4, 0.5) is 11.4 Å². The Morgan fingerprint density at radius 2 is 1.86 bits per heavy atom. The van der Waals surface area contributed by atoms with Gasteiger partial charge in [0.25, 0.3) is 0 Å². The van der Waals surface area contributed by atoms with Gasteiger partial charge in [0.2, 0.25) is 5.91 Å². The fourth-order valence-corrected chi connectivity index (χ4v) is 3.69. The number of hydrogen-bond acceptors (Lipinski definition) is 4. The monoisotopic (exact) mass is 415 g/mol. The van der Waals surface area contributed by atoms with Gasteiger partial charge in [0, 0.05) is 55.7 Å². The van der Waals surface area contributed by atoms with E-state index in [2.05, 4.69) is 53.2 Å². The third-order valence-electron chi connectivity index (χ3n) is 5.05. The molecule has 1 aliphatic rings. The highest BCUT2D eigenvalue weighted by molar-refractivity contribution is 6.31. The molecule has 1 aromatic heterocycles. The average molecular weight is 416 g/mol. The second kappa shape index (κ2) is 9.46. The molecule has 0 spiro atoms. The Morgan fingerprint density at radius 3 is 2.48 bits per heavy atom. The lowest BCUT2D eigenvalue weighted by Crippen LogP contribution is -2.44. The van der Waals surface area contributed by atoms with E-state index in [9.17, 15) is 4.79 Å². The normalized spacial score (nSPS) is 15.4. The van der Waals surface area contributed by atoms with E-state index in [1.165, 1.54) is 11.8 Å². The van der Waals surface area contributed by atoms with Gasteiger partial charge in [0.1, 0.15) is 5.15 Å². The second-order valence-corrected chi connectivity index (χ2v) is 8.38. The zero-order valence-electron chi connectivity index (χ0n) is 17.7. The third-order valence-corrected chi connectivity index (χ3v) is 5.45. The number of anilines is 2. The molecule has 0 aliphatic carbocycles. The number of carbonyl (C=O) groups is 1. The van der Waals surface area contributed by atoms with Crippen LogP contribution in [0, 0.1) is 12.8 Å². The van der Waals surface area contributed by atoms with Crippen molar-refractivity contribution < 1.29 is 4.79 Å². The molecule has 1 aromatic carbocycles. The van der Waals surface area contributed by atoms with E-state index < -0.39 is 0 Å². The number of aryl methyl sites for hydroxylation is 1. The van der Waals surface area contributed by atoms with Crippen molar-refractivity contribution >= 4 is 35.0 Å². The first-order valence-electron chi connectivity index (χ1n) is 10.1. The Kier molecular flexibility index (Phi) is 6.98. The minimum absolute atomic E-state index is 0.190. The smallest absolute Gasteiger partial charge is 0.248 e. The van der Waals surface area contributed by atoms with E-state index in [0.717, 1.165) is 49.7 Å². The van der Waals surface area contributed by atoms with Crippen LogP contribution in [-0.4, -0.2) is 53.8 Å². The van der Waals surface area contributed by atoms with E-state index in [-0.39, 0.29) is 5.91 Å². The highest BCUT2D eigenvalue weighted by atomic mass is 35.5. The highest BCUT2D eigenvalue weighted by Crippen LogP contribution is 2.23. The topological polar surface area (TPSA) is 53.4 Å². The zero-order chi connectivity index (χ0) is 21.0. The maximum absolute atomic E-state index is 12.3. The number of likely N-dealkylation sites (N-methyl/N-ethyl adjacent to an activating group) is 1. The van der Waals surface area contributed by atoms with Gasteiger partial charge in [-0.25, -0.2) is 0 Å². The van der Waals surface area contributed by atoms with Gasteiger partial charge in [0.05, 0.1) is 5.69 Å². The predicted octanol–water partition coefficient (Wildman–Crippen LogP) is 3.90. The Bertz CT molecular complexity index is 864. The lowest BCUT2D eigenvalue weighted by atomic mass is 10.2. The molecule has 0 bridgehead atoms. The van der Waals surface area contributed by atoms with Crippen LogP contribution in [0.3, 0.4) is 0 Å². The zero-order valence-corrected chi connectivity index (χ0v) is 18.4. The lowest BCUT2D eigenvalue weighted by Gasteiger charge is -2.34. The maximum Gasteiger partial charge on any atom is 0.248 e. The number of rotatable bonds is 6. The molecule has 2 heterocycles. The summed E-state index contributed by atoms with van der Waals surface area (Å²) in [4.78, 5) is 17.0. The van der Waals surface area contributed by atoms with Crippen molar-refractivity contribution in [2.75, 3.05) is 43.4 Å². The van der Waals surface area contributed by atoms with E-state index in [1.54, 1.807) is 10.8 Å². The molecule has 156 valence electrons. The quantitative estimate of drug-likeness (QED) is 0.727. The van der Waals surface area contributed by atoms with Crippen LogP contribution in [0.25, 0.3) is 6.08 Å². The van der Waals surface area contributed by atoms with Crippen LogP contribution in [0.15, 0.2) is 30.3 Å². The van der Waals surface area contributed by atoms with Gasteiger partial charge in [-0.1, -0.05) is 25.4 Å². The molecule has 0 atom stereocenters. The predicted molar refractivity (Wildman–Crippen MR) is 121 cm³/mol. The molecular formula is C22H30ClN5O. The summed E-state index contributed by atoms with van der Waals surface area (Å²) in [5.74, 6) is 0.255. The minimum atomic E-state index is -0.190. The maximum atomic E-state index is 12.3. The molecule has 1 saturated heterocycles. The molecule has 1 amide bonds. The summed E-state index contributed by atoms with van der Waals surface area (Å²) in [7, 11) is 2.15. The summed E-state index contributed by atoms with van der Waals surface area (Å²) in [5, 5.41) is 7.94. The number of nitrogens with zero attached hydrogens (tertiary/aromatic N) is 4. The molecule has 0 unspecified atom stereocenters. The lowest BCUT2D eigenvalue weighted by molar-refractivity contribution is -0.111. The van der Waals surface area contributed by atoms with Gasteiger partial charge < -0.3 is 15.1 Å². The summed E-state index contributed by atoms with van der Waals surface area (Å²) in [6.45, 7) is 11.1. The summed E-state index contributed by atoms with van der Waals surface area (Å²) >= 11 is 6.43. The van der Waals surface area contributed by atoms with Gasteiger partial charge >= 0.3 is 0 Å². The Morgan fingerprint density at radius 1 is 1.21 bits per heavy atom. The Labute approximate surface area is 178 Å². The number of amides is 1. The standard InChI is InChI=1S/C22H30ClN5O/c1-16(2)15-28-22(23)20(17(3)25-28)9-10-21(29)24-18-5-7-19(8-6-18)27-13-11-26(4)12-14-27/h5-10,16H,11-15H2,1-4H3,(H,24,29)/b10-9+. The van der Waals surface area contributed by atoms with Crippen LogP contribution in [0.5, 0.6) is 0 Å². The first-order valence-corrected chi connectivity index (χ1v) is 10.5. The number of aromatic nitrogens is 2. The minimum Gasteiger partial charge on any atom is -0.369 e. The highest BCUT2D eigenvalue weighted by Gasteiger charge is 2.14. The van der Waals surface area contributed by atoms with Crippen molar-refractivity contribution in [2.24, 2.45) is 5.92 Å². The van der Waals surface area contributed by atoms with Gasteiger partial charge in [-0.2, -0.15) is 5.10 Å². The largest absolute Gasteiger partial charge is 0.369 e.